The lowest BCUT2D eigenvalue weighted by atomic mass is 9.56. The Labute approximate surface area is 451 Å². The van der Waals surface area contributed by atoms with Gasteiger partial charge in [-0.2, -0.15) is 0 Å². The molecule has 0 saturated carbocycles. The smallest absolute Gasteiger partial charge is 0.337 e. The van der Waals surface area contributed by atoms with Gasteiger partial charge in [-0.25, -0.2) is 4.79 Å². The Bertz CT molecular complexity index is 1500. The lowest BCUT2D eigenvalue weighted by Crippen LogP contribution is -2.57. The highest BCUT2D eigenvalue weighted by Crippen LogP contribution is 2.51. The van der Waals surface area contributed by atoms with Crippen LogP contribution < -0.4 is 0 Å². The van der Waals surface area contributed by atoms with E-state index in [9.17, 15) is 143 Å². The quantitative estimate of drug-likeness (QED) is 0.0252. The molecule has 30 heteroatoms. The topological polar surface area (TPSA) is 593 Å². The molecule has 0 fully saturated rings. The maximum Gasteiger partial charge on any atom is 0.337 e. The van der Waals surface area contributed by atoms with E-state index in [0.717, 1.165) is 0 Å². The van der Waals surface area contributed by atoms with Crippen LogP contribution in [0, 0.1) is 53.3 Å². The average molecular weight is 1150 g/mol. The maximum absolute atomic E-state index is 12.3. The number of hydrogen-bond acceptors (Lipinski definition) is 30. The van der Waals surface area contributed by atoms with Gasteiger partial charge in [-0.1, -0.05) is 0 Å². The predicted molar refractivity (Wildman–Crippen MR) is 264 cm³/mol. The molecule has 0 bridgehead atoms. The summed E-state index contributed by atoms with van der Waals surface area (Å²) >= 11 is 0. The predicted octanol–water partition coefficient (Wildman–Crippen LogP) is -12.4. The summed E-state index contributed by atoms with van der Waals surface area (Å²) in [7, 11) is 0. The summed E-state index contributed by atoms with van der Waals surface area (Å²) in [6, 6.07) is 0. The van der Waals surface area contributed by atoms with Crippen molar-refractivity contribution in [2.24, 2.45) is 53.3 Å². The Hall–Kier alpha value is -1.65. The minimum atomic E-state index is -2.85. The Morgan fingerprint density at radius 2 is 0.462 bits per heavy atom. The minimum absolute atomic E-state index is 0.449. The Morgan fingerprint density at radius 3 is 0.744 bits per heavy atom. The monoisotopic (exact) mass is 1150 g/mol. The normalized spacial score (nSPS) is 22.7. The summed E-state index contributed by atoms with van der Waals surface area (Å²) in [6.07, 6.45) is -43.4. The van der Waals surface area contributed by atoms with Crippen molar-refractivity contribution in [1.29, 1.82) is 0 Å². The van der Waals surface area contributed by atoms with Crippen molar-refractivity contribution in [2.75, 3.05) is 79.3 Å². The van der Waals surface area contributed by atoms with Crippen LogP contribution in [-0.2, 0) is 9.53 Å². The van der Waals surface area contributed by atoms with Gasteiger partial charge in [0.1, 0.15) is 43.2 Å². The summed E-state index contributed by atoms with van der Waals surface area (Å²) in [6.45, 7) is -12.0. The van der Waals surface area contributed by atoms with Crippen molar-refractivity contribution in [1.82, 2.24) is 0 Å². The summed E-state index contributed by atoms with van der Waals surface area (Å²) in [5.74, 6) is -15.6. The van der Waals surface area contributed by atoms with Crippen molar-refractivity contribution < 1.29 is 153 Å². The molecule has 0 aliphatic heterocycles. The van der Waals surface area contributed by atoms with Gasteiger partial charge >= 0.3 is 5.97 Å². The molecule has 28 N–H and O–H groups in total. The number of carbonyl (C=O) groups is 1. The number of hydrogen-bond donors (Lipinski definition) is 28. The molecule has 78 heavy (non-hydrogen) atoms. The fraction of sp³-hybridized carbons (Fsp3) is 0.979. The lowest BCUT2D eigenvalue weighted by Gasteiger charge is -2.50. The second kappa shape index (κ2) is 40.6. The molecule has 0 aromatic rings. The van der Waals surface area contributed by atoms with E-state index in [-0.39, 0.29) is 0 Å². The maximum atomic E-state index is 12.3. The SMILES string of the molecule is O=C(OCC(O)CO)C(O)C(O)C(O)C(O)C(O)C(O)C(O)C(CC(O)CO)C(CC(O)CO)C(CC(O)CO)C(CC(O)CO)C(CC(O)CO)C(CC(O)CO)C(CC(O)CO)C(CC(O)CO)C(CO)CC(O)CO. The van der Waals surface area contributed by atoms with Crippen molar-refractivity contribution in [3.8, 4) is 0 Å². The molecule has 0 aliphatic rings. The molecule has 0 spiro atoms. The molecule has 0 aromatic heterocycles. The Morgan fingerprint density at radius 1 is 0.244 bits per heavy atom. The van der Waals surface area contributed by atoms with E-state index in [1.165, 1.54) is 0 Å². The van der Waals surface area contributed by atoms with Crippen LogP contribution in [0.3, 0.4) is 0 Å². The molecule has 26 atom stereocenters. The first-order chi connectivity index (χ1) is 36.7. The molecular weight excluding hydrogens is 1060 g/mol. The zero-order valence-corrected chi connectivity index (χ0v) is 43.7. The van der Waals surface area contributed by atoms with Crippen LogP contribution in [0.25, 0.3) is 0 Å². The van der Waals surface area contributed by atoms with Crippen molar-refractivity contribution in [2.45, 2.75) is 162 Å². The van der Waals surface area contributed by atoms with Gasteiger partial charge in [0.25, 0.3) is 0 Å². The fourth-order valence-electron chi connectivity index (χ4n) is 10.9. The number of aliphatic hydroxyl groups is 28. The zero-order chi connectivity index (χ0) is 60.1. The Balaban J connectivity index is 8.96. The zero-order valence-electron chi connectivity index (χ0n) is 43.7. The van der Waals surface area contributed by atoms with Crippen LogP contribution in [0.1, 0.15) is 57.8 Å². The highest BCUT2D eigenvalue weighted by atomic mass is 16.6. The molecule has 0 saturated heterocycles. The molecule has 0 radical (unpaired) electrons. The van der Waals surface area contributed by atoms with Gasteiger partial charge < -0.3 is 148 Å². The molecule has 30 nitrogen and oxygen atoms in total. The number of esters is 1. The van der Waals surface area contributed by atoms with E-state index in [1.54, 1.807) is 0 Å². The van der Waals surface area contributed by atoms with E-state index >= 15 is 0 Å². The van der Waals surface area contributed by atoms with Gasteiger partial charge in [0.2, 0.25) is 0 Å². The largest absolute Gasteiger partial charge is 0.461 e. The van der Waals surface area contributed by atoms with Crippen LogP contribution in [0.2, 0.25) is 0 Å². The number of rotatable bonds is 47. The van der Waals surface area contributed by atoms with E-state index in [4.69, 9.17) is 5.11 Å². The van der Waals surface area contributed by atoms with Crippen LogP contribution in [0.15, 0.2) is 0 Å². The first-order valence-corrected chi connectivity index (χ1v) is 26.1. The van der Waals surface area contributed by atoms with Crippen LogP contribution in [-0.4, -0.2) is 332 Å². The average Bonchev–Trinajstić information content (AvgIpc) is 3.44. The van der Waals surface area contributed by atoms with Gasteiger partial charge in [0.05, 0.1) is 127 Å². The second-order valence-corrected chi connectivity index (χ2v) is 20.8. The second-order valence-electron chi connectivity index (χ2n) is 20.8. The summed E-state index contributed by atoms with van der Waals surface area (Å²) in [4.78, 5) is 12.3. The van der Waals surface area contributed by atoms with E-state index in [2.05, 4.69) is 4.74 Å². The minimum Gasteiger partial charge on any atom is -0.461 e. The van der Waals surface area contributed by atoms with Gasteiger partial charge in [-0.15, -0.1) is 0 Å². The molecule has 0 rings (SSSR count). The van der Waals surface area contributed by atoms with Crippen molar-refractivity contribution in [3.05, 3.63) is 0 Å². The first kappa shape index (κ1) is 76.3. The van der Waals surface area contributed by atoms with E-state index in [1.807, 2.05) is 0 Å². The van der Waals surface area contributed by atoms with Crippen LogP contribution >= 0.6 is 0 Å². The van der Waals surface area contributed by atoms with Gasteiger partial charge in [-0.3, -0.25) is 0 Å². The summed E-state index contributed by atoms with van der Waals surface area (Å²) in [5, 5.41) is 300. The molecule has 0 aromatic carbocycles. The Kier molecular flexibility index (Phi) is 39.7. The third kappa shape index (κ3) is 25.5. The molecule has 26 unspecified atom stereocenters. The van der Waals surface area contributed by atoms with Gasteiger partial charge in [0.15, 0.2) is 6.10 Å². The first-order valence-electron chi connectivity index (χ1n) is 26.1. The molecule has 0 aliphatic carbocycles. The molecular formula is C48H96O30. The van der Waals surface area contributed by atoms with Gasteiger partial charge in [0, 0.05) is 6.61 Å². The van der Waals surface area contributed by atoms with Gasteiger partial charge in [-0.05, 0) is 111 Å². The number of ether oxygens (including phenoxy) is 1. The third-order valence-electron chi connectivity index (χ3n) is 14.9. The summed E-state index contributed by atoms with van der Waals surface area (Å²) in [5.41, 5.74) is 0. The van der Waals surface area contributed by atoms with E-state index in [0.29, 0.717) is 0 Å². The number of aliphatic hydroxyl groups excluding tert-OH is 28. The van der Waals surface area contributed by atoms with E-state index < -0.39 is 300 Å². The summed E-state index contributed by atoms with van der Waals surface area (Å²) < 4.78 is 4.52. The van der Waals surface area contributed by atoms with Crippen LogP contribution in [0.5, 0.6) is 0 Å². The highest BCUT2D eigenvalue weighted by molar-refractivity contribution is 5.75. The molecule has 0 heterocycles. The highest BCUT2D eigenvalue weighted by Gasteiger charge is 2.51. The molecule has 468 valence electrons. The fourth-order valence-corrected chi connectivity index (χ4v) is 10.9. The standard InChI is InChI=1S/C48H96O30/c49-10-22(1-23(60)11-50)33(2-24(61)12-51)34(3-25(62)13-52)35(4-26(63)14-53)36(5-27(64)15-54)37(6-28(65)16-55)38(7-29(66)17-56)39(8-30(67)18-57)40(9-31(68)19-58)41(70)42(71)43(72)44(73)45(74)46(75)47(76)48(77)78-21-32(69)20-59/h22-47,49-76H,1-21H2. The lowest BCUT2D eigenvalue weighted by molar-refractivity contribution is -0.189. The molecule has 0 amide bonds. The third-order valence-corrected chi connectivity index (χ3v) is 14.9. The van der Waals surface area contributed by atoms with Crippen molar-refractivity contribution in [3.63, 3.8) is 0 Å². The van der Waals surface area contributed by atoms with Crippen molar-refractivity contribution >= 4 is 5.97 Å². The van der Waals surface area contributed by atoms with Crippen LogP contribution in [0.4, 0.5) is 0 Å². The number of carbonyl (C=O) groups excluding carboxylic acids is 1.